The largest absolute Gasteiger partial charge is 0.493 e. The predicted molar refractivity (Wildman–Crippen MR) is 59.0 cm³/mol. The van der Waals surface area contributed by atoms with Gasteiger partial charge in [-0.05, 0) is 23.6 Å². The van der Waals surface area contributed by atoms with Gasteiger partial charge in [0.2, 0.25) is 0 Å². The molecular weight excluding hydrogens is 196 g/mol. The van der Waals surface area contributed by atoms with Crippen LogP contribution in [0.25, 0.3) is 10.1 Å². The Labute approximate surface area is 86.8 Å². The summed E-state index contributed by atoms with van der Waals surface area (Å²) < 4.78 is 6.81. The molecule has 0 bridgehead atoms. The topological polar surface area (TPSA) is 29.5 Å². The van der Waals surface area contributed by atoms with Gasteiger partial charge in [-0.3, -0.25) is 0 Å². The van der Waals surface area contributed by atoms with Crippen molar-refractivity contribution in [2.45, 2.75) is 6.42 Å². The summed E-state index contributed by atoms with van der Waals surface area (Å²) in [6.45, 7) is 0.755. The third-order valence-electron chi connectivity index (χ3n) is 2.02. The first-order chi connectivity index (χ1) is 6.92. The molecule has 2 rings (SSSR count). The third kappa shape index (κ3) is 1.89. The standard InChI is InChI=1S/C11H12O2S/c12-6-2-7-13-10-3-1-4-11-9(10)5-8-14-11/h1,3-5,8,12H,2,6-7H2. The van der Waals surface area contributed by atoms with E-state index in [1.54, 1.807) is 11.3 Å². The SMILES string of the molecule is OCCCOc1cccc2sccc12. The van der Waals surface area contributed by atoms with E-state index in [1.807, 2.05) is 12.1 Å². The minimum absolute atomic E-state index is 0.180. The quantitative estimate of drug-likeness (QED) is 0.783. The lowest BCUT2D eigenvalue weighted by molar-refractivity contribution is 0.235. The van der Waals surface area contributed by atoms with Crippen LogP contribution >= 0.6 is 11.3 Å². The van der Waals surface area contributed by atoms with Crippen molar-refractivity contribution >= 4 is 21.4 Å². The molecule has 2 nitrogen and oxygen atoms in total. The maximum absolute atomic E-state index is 8.64. The number of benzene rings is 1. The number of rotatable bonds is 4. The lowest BCUT2D eigenvalue weighted by atomic mass is 10.2. The van der Waals surface area contributed by atoms with Crippen LogP contribution in [0.2, 0.25) is 0 Å². The Kier molecular flexibility index (Phi) is 3.01. The number of hydrogen-bond donors (Lipinski definition) is 1. The van der Waals surface area contributed by atoms with Crippen LogP contribution in [0.3, 0.4) is 0 Å². The van der Waals surface area contributed by atoms with Crippen LogP contribution in [0, 0.1) is 0 Å². The second-order valence-electron chi connectivity index (χ2n) is 3.01. The summed E-state index contributed by atoms with van der Waals surface area (Å²) in [7, 11) is 0. The molecule has 0 saturated heterocycles. The summed E-state index contributed by atoms with van der Waals surface area (Å²) in [4.78, 5) is 0. The Morgan fingerprint density at radius 1 is 1.29 bits per heavy atom. The minimum Gasteiger partial charge on any atom is -0.493 e. The van der Waals surface area contributed by atoms with Crippen LogP contribution in [-0.4, -0.2) is 18.3 Å². The van der Waals surface area contributed by atoms with Crippen LogP contribution in [0.4, 0.5) is 0 Å². The summed E-state index contributed by atoms with van der Waals surface area (Å²) in [5.41, 5.74) is 0. The lowest BCUT2D eigenvalue weighted by Crippen LogP contribution is -1.99. The molecule has 14 heavy (non-hydrogen) atoms. The van der Waals surface area contributed by atoms with E-state index < -0.39 is 0 Å². The van der Waals surface area contributed by atoms with Gasteiger partial charge in [0.15, 0.2) is 0 Å². The smallest absolute Gasteiger partial charge is 0.127 e. The van der Waals surface area contributed by atoms with Crippen LogP contribution in [0.1, 0.15) is 6.42 Å². The highest BCUT2D eigenvalue weighted by Crippen LogP contribution is 2.29. The summed E-state index contributed by atoms with van der Waals surface area (Å²) in [6, 6.07) is 8.10. The average Bonchev–Trinajstić information content (AvgIpc) is 2.67. The van der Waals surface area contributed by atoms with Crippen molar-refractivity contribution in [3.8, 4) is 5.75 Å². The molecule has 0 fully saturated rings. The van der Waals surface area contributed by atoms with E-state index in [9.17, 15) is 0 Å². The molecule has 0 amide bonds. The maximum atomic E-state index is 8.64. The highest BCUT2D eigenvalue weighted by atomic mass is 32.1. The normalized spacial score (nSPS) is 10.6. The molecule has 1 aromatic heterocycles. The monoisotopic (exact) mass is 208 g/mol. The Morgan fingerprint density at radius 3 is 3.07 bits per heavy atom. The number of aliphatic hydroxyl groups excluding tert-OH is 1. The Hall–Kier alpha value is -1.06. The number of thiophene rings is 1. The lowest BCUT2D eigenvalue weighted by Gasteiger charge is -2.05. The molecule has 0 atom stereocenters. The first kappa shape index (κ1) is 9.49. The van der Waals surface area contributed by atoms with Crippen LogP contribution < -0.4 is 4.74 Å². The first-order valence-electron chi connectivity index (χ1n) is 4.61. The van der Waals surface area contributed by atoms with Crippen molar-refractivity contribution in [3.05, 3.63) is 29.6 Å². The van der Waals surface area contributed by atoms with Gasteiger partial charge in [0.05, 0.1) is 6.61 Å². The van der Waals surface area contributed by atoms with Crippen LogP contribution in [-0.2, 0) is 0 Å². The number of ether oxygens (including phenoxy) is 1. The summed E-state index contributed by atoms with van der Waals surface area (Å²) in [6.07, 6.45) is 0.681. The number of fused-ring (bicyclic) bond motifs is 1. The van der Waals surface area contributed by atoms with Gasteiger partial charge in [-0.2, -0.15) is 0 Å². The fourth-order valence-electron chi connectivity index (χ4n) is 1.34. The molecule has 0 radical (unpaired) electrons. The van der Waals surface area contributed by atoms with E-state index in [1.165, 1.54) is 4.70 Å². The molecule has 1 heterocycles. The van der Waals surface area contributed by atoms with Crippen molar-refractivity contribution < 1.29 is 9.84 Å². The van der Waals surface area contributed by atoms with Crippen LogP contribution in [0.5, 0.6) is 5.75 Å². The van der Waals surface area contributed by atoms with Gasteiger partial charge in [0.1, 0.15) is 5.75 Å². The molecule has 0 aliphatic rings. The molecule has 0 saturated carbocycles. The van der Waals surface area contributed by atoms with Gasteiger partial charge in [-0.1, -0.05) is 6.07 Å². The van der Waals surface area contributed by atoms with Gasteiger partial charge in [0.25, 0.3) is 0 Å². The fourth-order valence-corrected chi connectivity index (χ4v) is 2.14. The van der Waals surface area contributed by atoms with Crippen LogP contribution in [0.15, 0.2) is 29.6 Å². The molecule has 1 N–H and O–H groups in total. The minimum atomic E-state index is 0.180. The average molecular weight is 208 g/mol. The summed E-state index contributed by atoms with van der Waals surface area (Å²) in [5, 5.41) is 11.9. The number of hydrogen-bond acceptors (Lipinski definition) is 3. The molecule has 1 aromatic carbocycles. The van der Waals surface area contributed by atoms with Gasteiger partial charge in [-0.15, -0.1) is 11.3 Å². The van der Waals surface area contributed by atoms with Crippen molar-refractivity contribution in [3.63, 3.8) is 0 Å². The predicted octanol–water partition coefficient (Wildman–Crippen LogP) is 2.66. The Bertz CT molecular complexity index is 408. The van der Waals surface area contributed by atoms with Gasteiger partial charge < -0.3 is 9.84 Å². The molecule has 3 heteroatoms. The first-order valence-corrected chi connectivity index (χ1v) is 5.49. The zero-order valence-corrected chi connectivity index (χ0v) is 8.59. The van der Waals surface area contributed by atoms with Crippen molar-refractivity contribution in [1.82, 2.24) is 0 Å². The molecule has 0 aliphatic heterocycles. The maximum Gasteiger partial charge on any atom is 0.127 e. The second-order valence-corrected chi connectivity index (χ2v) is 3.96. The molecule has 0 unspecified atom stereocenters. The zero-order valence-electron chi connectivity index (χ0n) is 7.77. The second kappa shape index (κ2) is 4.44. The molecular formula is C11H12O2S. The Morgan fingerprint density at radius 2 is 2.21 bits per heavy atom. The van der Waals surface area contributed by atoms with Crippen molar-refractivity contribution in [1.29, 1.82) is 0 Å². The van der Waals surface area contributed by atoms with E-state index in [-0.39, 0.29) is 6.61 Å². The van der Waals surface area contributed by atoms with Crippen molar-refractivity contribution in [2.24, 2.45) is 0 Å². The fraction of sp³-hybridized carbons (Fsp3) is 0.273. The van der Waals surface area contributed by atoms with Crippen molar-refractivity contribution in [2.75, 3.05) is 13.2 Å². The molecule has 2 aromatic rings. The molecule has 0 aliphatic carbocycles. The highest BCUT2D eigenvalue weighted by molar-refractivity contribution is 7.17. The van der Waals surface area contributed by atoms with E-state index in [0.717, 1.165) is 11.1 Å². The zero-order chi connectivity index (χ0) is 9.80. The Balaban J connectivity index is 2.19. The molecule has 74 valence electrons. The highest BCUT2D eigenvalue weighted by Gasteiger charge is 2.01. The van der Waals surface area contributed by atoms with Gasteiger partial charge >= 0.3 is 0 Å². The van der Waals surface area contributed by atoms with E-state index in [4.69, 9.17) is 9.84 Å². The van der Waals surface area contributed by atoms with E-state index in [2.05, 4.69) is 17.5 Å². The molecule has 0 spiro atoms. The summed E-state index contributed by atoms with van der Waals surface area (Å²) in [5.74, 6) is 0.914. The third-order valence-corrected chi connectivity index (χ3v) is 2.90. The van der Waals surface area contributed by atoms with E-state index in [0.29, 0.717) is 13.0 Å². The van der Waals surface area contributed by atoms with Gasteiger partial charge in [0, 0.05) is 23.1 Å². The summed E-state index contributed by atoms with van der Waals surface area (Å²) >= 11 is 1.71. The number of aliphatic hydroxyl groups is 1. The van der Waals surface area contributed by atoms with Gasteiger partial charge in [-0.25, -0.2) is 0 Å². The van der Waals surface area contributed by atoms with E-state index >= 15 is 0 Å².